The molecule has 5 nitrogen and oxygen atoms in total. The van der Waals surface area contributed by atoms with Gasteiger partial charge in [0.05, 0.1) is 22.9 Å². The fourth-order valence-corrected chi connectivity index (χ4v) is 2.73. The molecule has 2 aromatic rings. The molecule has 1 N–H and O–H groups in total. The molecular formula is C17H19N3O2. The van der Waals surface area contributed by atoms with Gasteiger partial charge in [-0.2, -0.15) is 0 Å². The zero-order valence-corrected chi connectivity index (χ0v) is 12.4. The SMILES string of the molecule is O=C(/C=C/c1cnc2ccccc2n1)N1CCCC(CO)C1. The number of rotatable bonds is 3. The molecule has 1 amide bonds. The molecule has 0 aliphatic carbocycles. The lowest BCUT2D eigenvalue weighted by atomic mass is 9.99. The smallest absolute Gasteiger partial charge is 0.246 e. The molecule has 3 rings (SSSR count). The molecule has 0 radical (unpaired) electrons. The number of aromatic nitrogens is 2. The summed E-state index contributed by atoms with van der Waals surface area (Å²) in [7, 11) is 0. The molecule has 114 valence electrons. The summed E-state index contributed by atoms with van der Waals surface area (Å²) in [5.41, 5.74) is 2.32. The molecule has 1 aliphatic rings. The highest BCUT2D eigenvalue weighted by molar-refractivity contribution is 5.91. The normalized spacial score (nSPS) is 19.0. The number of carbonyl (C=O) groups excluding carboxylic acids is 1. The molecule has 1 aromatic carbocycles. The van der Waals surface area contributed by atoms with Crippen molar-refractivity contribution < 1.29 is 9.90 Å². The number of likely N-dealkylation sites (tertiary alicyclic amines) is 1. The molecule has 1 unspecified atom stereocenters. The highest BCUT2D eigenvalue weighted by Crippen LogP contribution is 2.16. The quantitative estimate of drug-likeness (QED) is 0.878. The van der Waals surface area contributed by atoms with E-state index in [1.807, 2.05) is 24.3 Å². The van der Waals surface area contributed by atoms with Crippen LogP contribution in [0.3, 0.4) is 0 Å². The summed E-state index contributed by atoms with van der Waals surface area (Å²) in [6.07, 6.45) is 6.84. The lowest BCUT2D eigenvalue weighted by molar-refractivity contribution is -0.127. The average molecular weight is 297 g/mol. The topological polar surface area (TPSA) is 66.3 Å². The summed E-state index contributed by atoms with van der Waals surface area (Å²) in [5.74, 6) is 0.166. The third kappa shape index (κ3) is 3.31. The number of benzene rings is 1. The first-order valence-corrected chi connectivity index (χ1v) is 7.56. The standard InChI is InChI=1S/C17H19N3O2/c21-12-13-4-3-9-20(11-13)17(22)8-7-14-10-18-15-5-1-2-6-16(15)19-14/h1-2,5-8,10,13,21H,3-4,9,11-12H2/b8-7+. The molecule has 1 aliphatic heterocycles. The van der Waals surface area contributed by atoms with Gasteiger partial charge in [0, 0.05) is 25.8 Å². The van der Waals surface area contributed by atoms with Gasteiger partial charge in [-0.3, -0.25) is 9.78 Å². The summed E-state index contributed by atoms with van der Waals surface area (Å²) in [5, 5.41) is 9.22. The number of nitrogens with zero attached hydrogens (tertiary/aromatic N) is 3. The van der Waals surface area contributed by atoms with E-state index in [1.54, 1.807) is 23.2 Å². The highest BCUT2D eigenvalue weighted by atomic mass is 16.3. The van der Waals surface area contributed by atoms with Crippen LogP contribution < -0.4 is 0 Å². The fraction of sp³-hybridized carbons (Fsp3) is 0.353. The molecule has 2 heterocycles. The highest BCUT2D eigenvalue weighted by Gasteiger charge is 2.21. The van der Waals surface area contributed by atoms with E-state index in [0.717, 1.165) is 30.4 Å². The zero-order chi connectivity index (χ0) is 15.4. The second-order valence-corrected chi connectivity index (χ2v) is 5.59. The molecule has 0 saturated carbocycles. The number of fused-ring (bicyclic) bond motifs is 1. The summed E-state index contributed by atoms with van der Waals surface area (Å²) in [6, 6.07) is 7.64. The van der Waals surface area contributed by atoms with E-state index >= 15 is 0 Å². The van der Waals surface area contributed by atoms with Crippen LogP contribution in [0.2, 0.25) is 0 Å². The first kappa shape index (κ1) is 14.7. The Morgan fingerprint density at radius 1 is 1.36 bits per heavy atom. The second-order valence-electron chi connectivity index (χ2n) is 5.59. The van der Waals surface area contributed by atoms with Crippen LogP contribution in [-0.4, -0.2) is 45.6 Å². The molecule has 1 aromatic heterocycles. The lowest BCUT2D eigenvalue weighted by Crippen LogP contribution is -2.40. The average Bonchev–Trinajstić information content (AvgIpc) is 2.59. The Labute approximate surface area is 129 Å². The Bertz CT molecular complexity index is 699. The molecule has 1 atom stereocenters. The Morgan fingerprint density at radius 2 is 2.18 bits per heavy atom. The van der Waals surface area contributed by atoms with Gasteiger partial charge in [-0.25, -0.2) is 4.98 Å². The fourth-order valence-electron chi connectivity index (χ4n) is 2.73. The van der Waals surface area contributed by atoms with E-state index in [4.69, 9.17) is 0 Å². The van der Waals surface area contributed by atoms with Gasteiger partial charge in [0.25, 0.3) is 0 Å². The number of aliphatic hydroxyl groups is 1. The second kappa shape index (κ2) is 6.66. The van der Waals surface area contributed by atoms with Crippen LogP contribution in [0.4, 0.5) is 0 Å². The lowest BCUT2D eigenvalue weighted by Gasteiger charge is -2.31. The van der Waals surface area contributed by atoms with Crippen molar-refractivity contribution >= 4 is 23.0 Å². The van der Waals surface area contributed by atoms with Gasteiger partial charge in [-0.1, -0.05) is 12.1 Å². The summed E-state index contributed by atoms with van der Waals surface area (Å²) < 4.78 is 0. The van der Waals surface area contributed by atoms with Crippen LogP contribution in [0.15, 0.2) is 36.5 Å². The maximum atomic E-state index is 12.2. The van der Waals surface area contributed by atoms with Gasteiger partial charge < -0.3 is 10.0 Å². The minimum atomic E-state index is -0.0342. The van der Waals surface area contributed by atoms with E-state index in [0.29, 0.717) is 12.2 Å². The molecule has 1 saturated heterocycles. The van der Waals surface area contributed by atoms with E-state index in [-0.39, 0.29) is 18.4 Å². The monoisotopic (exact) mass is 297 g/mol. The van der Waals surface area contributed by atoms with Crippen molar-refractivity contribution in [2.24, 2.45) is 5.92 Å². The molecule has 5 heteroatoms. The number of para-hydroxylation sites is 2. The third-order valence-corrected chi connectivity index (χ3v) is 3.95. The van der Waals surface area contributed by atoms with Crippen molar-refractivity contribution in [1.29, 1.82) is 0 Å². The van der Waals surface area contributed by atoms with E-state index in [9.17, 15) is 9.90 Å². The van der Waals surface area contributed by atoms with E-state index in [2.05, 4.69) is 9.97 Å². The summed E-state index contributed by atoms with van der Waals surface area (Å²) in [6.45, 7) is 1.52. The predicted octanol–water partition coefficient (Wildman–Crippen LogP) is 1.87. The first-order valence-electron chi connectivity index (χ1n) is 7.56. The first-order chi connectivity index (χ1) is 10.8. The molecule has 22 heavy (non-hydrogen) atoms. The van der Waals surface area contributed by atoms with Crippen LogP contribution in [0.1, 0.15) is 18.5 Å². The van der Waals surface area contributed by atoms with Crippen molar-refractivity contribution in [2.75, 3.05) is 19.7 Å². The molecule has 0 bridgehead atoms. The van der Waals surface area contributed by atoms with Gasteiger partial charge >= 0.3 is 0 Å². The van der Waals surface area contributed by atoms with Crippen molar-refractivity contribution in [3.8, 4) is 0 Å². The number of hydrogen-bond acceptors (Lipinski definition) is 4. The van der Waals surface area contributed by atoms with Crippen LogP contribution in [0.25, 0.3) is 17.1 Å². The maximum absolute atomic E-state index is 12.2. The Kier molecular flexibility index (Phi) is 4.44. The minimum Gasteiger partial charge on any atom is -0.396 e. The van der Waals surface area contributed by atoms with Crippen molar-refractivity contribution in [3.05, 3.63) is 42.2 Å². The number of piperidine rings is 1. The number of aliphatic hydroxyl groups excluding tert-OH is 1. The maximum Gasteiger partial charge on any atom is 0.246 e. The zero-order valence-electron chi connectivity index (χ0n) is 12.4. The number of hydrogen-bond donors (Lipinski definition) is 1. The molecule has 0 spiro atoms. The van der Waals surface area contributed by atoms with Crippen LogP contribution in [-0.2, 0) is 4.79 Å². The van der Waals surface area contributed by atoms with Crippen LogP contribution in [0.5, 0.6) is 0 Å². The van der Waals surface area contributed by atoms with E-state index < -0.39 is 0 Å². The number of amides is 1. The van der Waals surface area contributed by atoms with Crippen molar-refractivity contribution in [3.63, 3.8) is 0 Å². The molecular weight excluding hydrogens is 278 g/mol. The summed E-state index contributed by atoms with van der Waals surface area (Å²) >= 11 is 0. The van der Waals surface area contributed by atoms with Crippen molar-refractivity contribution in [2.45, 2.75) is 12.8 Å². The van der Waals surface area contributed by atoms with Gasteiger partial charge in [0.15, 0.2) is 0 Å². The largest absolute Gasteiger partial charge is 0.396 e. The van der Waals surface area contributed by atoms with Crippen LogP contribution >= 0.6 is 0 Å². The predicted molar refractivity (Wildman–Crippen MR) is 85.0 cm³/mol. The molecule has 1 fully saturated rings. The van der Waals surface area contributed by atoms with Gasteiger partial charge in [-0.15, -0.1) is 0 Å². The van der Waals surface area contributed by atoms with E-state index in [1.165, 1.54) is 0 Å². The minimum absolute atomic E-state index is 0.0342. The van der Waals surface area contributed by atoms with Gasteiger partial charge in [0.2, 0.25) is 5.91 Å². The Morgan fingerprint density at radius 3 is 3.00 bits per heavy atom. The summed E-state index contributed by atoms with van der Waals surface area (Å²) in [4.78, 5) is 22.8. The van der Waals surface area contributed by atoms with Gasteiger partial charge in [-0.05, 0) is 37.0 Å². The Balaban J connectivity index is 1.70. The Hall–Kier alpha value is -2.27. The third-order valence-electron chi connectivity index (χ3n) is 3.95. The van der Waals surface area contributed by atoms with Crippen molar-refractivity contribution in [1.82, 2.24) is 14.9 Å². The van der Waals surface area contributed by atoms with Crippen LogP contribution in [0, 0.1) is 5.92 Å². The number of carbonyl (C=O) groups is 1. The van der Waals surface area contributed by atoms with Gasteiger partial charge in [0.1, 0.15) is 0 Å².